The molecule has 0 aliphatic rings. The monoisotopic (exact) mass is 240 g/mol. The Morgan fingerprint density at radius 2 is 2.29 bits per heavy atom. The second kappa shape index (κ2) is 4.18. The Hall–Kier alpha value is -0.760. The van der Waals surface area contributed by atoms with Crippen LogP contribution in [0.1, 0.15) is 5.56 Å². The van der Waals surface area contributed by atoms with Gasteiger partial charge in [-0.05, 0) is 6.07 Å². The number of nitrogens with zero attached hydrogens (tertiary/aromatic N) is 1. The molecule has 14 heavy (non-hydrogen) atoms. The molecule has 1 aromatic heterocycles. The van der Waals surface area contributed by atoms with Gasteiger partial charge in [-0.2, -0.15) is 12.8 Å². The van der Waals surface area contributed by atoms with Crippen LogP contribution in [0.3, 0.4) is 0 Å². The second-order valence-electron chi connectivity index (χ2n) is 2.36. The first-order valence-corrected chi connectivity index (χ1v) is 5.20. The summed E-state index contributed by atoms with van der Waals surface area (Å²) in [6.07, 6.45) is 1.09. The Kier molecular flexibility index (Phi) is 3.38. The van der Waals surface area contributed by atoms with Gasteiger partial charge in [-0.3, -0.25) is 4.18 Å². The number of rotatable bonds is 3. The fourth-order valence-electron chi connectivity index (χ4n) is 0.711. The fourth-order valence-corrected chi connectivity index (χ4v) is 1.18. The van der Waals surface area contributed by atoms with Crippen molar-refractivity contribution in [1.29, 1.82) is 0 Å². The molecule has 0 aliphatic carbocycles. The summed E-state index contributed by atoms with van der Waals surface area (Å²) in [5, 5.41) is 4.73. The fraction of sp³-hybridized carbons (Fsp3) is 0.167. The molecule has 78 valence electrons. The number of hydrogen-bond donors (Lipinski definition) is 1. The molecule has 8 heteroatoms. The summed E-state index contributed by atoms with van der Waals surface area (Å²) in [5.41, 5.74) is -0.0773. The molecule has 1 rings (SSSR count). The van der Waals surface area contributed by atoms with Gasteiger partial charge in [0, 0.05) is 11.8 Å². The van der Waals surface area contributed by atoms with Crippen LogP contribution >= 0.6 is 11.6 Å². The lowest BCUT2D eigenvalue weighted by molar-refractivity contribution is 0.301. The summed E-state index contributed by atoms with van der Waals surface area (Å²) < 4.78 is 37.8. The van der Waals surface area contributed by atoms with Crippen molar-refractivity contribution in [3.8, 4) is 0 Å². The maximum absolute atomic E-state index is 12.9. The van der Waals surface area contributed by atoms with Gasteiger partial charge in [-0.25, -0.2) is 10.1 Å². The molecule has 0 amide bonds. The maximum Gasteiger partial charge on any atom is 0.333 e. The van der Waals surface area contributed by atoms with Gasteiger partial charge in [0.2, 0.25) is 5.95 Å². The highest BCUT2D eigenvalue weighted by atomic mass is 35.5. The molecule has 1 aromatic rings. The van der Waals surface area contributed by atoms with Crippen molar-refractivity contribution in [1.82, 2.24) is 4.98 Å². The van der Waals surface area contributed by atoms with Crippen molar-refractivity contribution in [2.75, 3.05) is 0 Å². The van der Waals surface area contributed by atoms with Crippen LogP contribution in [-0.4, -0.2) is 13.4 Å². The summed E-state index contributed by atoms with van der Waals surface area (Å²) in [5.74, 6) is -0.849. The quantitative estimate of drug-likeness (QED) is 0.784. The minimum Gasteiger partial charge on any atom is -0.253 e. The Labute approximate surface area is 84.9 Å². The Bertz CT molecular complexity index is 437. The molecule has 0 saturated heterocycles. The van der Waals surface area contributed by atoms with Gasteiger partial charge < -0.3 is 0 Å². The predicted molar refractivity (Wildman–Crippen MR) is 47.1 cm³/mol. The van der Waals surface area contributed by atoms with E-state index in [9.17, 15) is 12.8 Å². The van der Waals surface area contributed by atoms with Crippen LogP contribution in [0, 0.1) is 5.95 Å². The molecule has 0 spiro atoms. The minimum absolute atomic E-state index is 0.0773. The average Bonchev–Trinajstić information content (AvgIpc) is 2.05. The highest BCUT2D eigenvalue weighted by molar-refractivity contribution is 7.84. The number of halogens is 2. The van der Waals surface area contributed by atoms with Gasteiger partial charge in [-0.15, -0.1) is 0 Å². The van der Waals surface area contributed by atoms with Gasteiger partial charge in [0.15, 0.2) is 0 Å². The first kappa shape index (κ1) is 11.3. The van der Waals surface area contributed by atoms with Crippen LogP contribution in [0.15, 0.2) is 12.3 Å². The van der Waals surface area contributed by atoms with Crippen LogP contribution in [0.2, 0.25) is 5.02 Å². The molecule has 0 bridgehead atoms. The number of aromatic nitrogens is 1. The first-order chi connectivity index (χ1) is 6.38. The van der Waals surface area contributed by atoms with Crippen molar-refractivity contribution in [3.63, 3.8) is 0 Å². The van der Waals surface area contributed by atoms with Crippen molar-refractivity contribution in [2.45, 2.75) is 6.61 Å². The van der Waals surface area contributed by atoms with Crippen LogP contribution in [-0.2, 0) is 21.1 Å². The van der Waals surface area contributed by atoms with Crippen molar-refractivity contribution >= 4 is 21.9 Å². The Balaban J connectivity index is 2.81. The lowest BCUT2D eigenvalue weighted by atomic mass is 10.3. The molecular weight excluding hydrogens is 235 g/mol. The summed E-state index contributed by atoms with van der Waals surface area (Å²) in [6.45, 7) is -0.530. The minimum atomic E-state index is -4.09. The topological polar surface area (TPSA) is 82.3 Å². The third-order valence-electron chi connectivity index (χ3n) is 1.26. The summed E-state index contributed by atoms with van der Waals surface area (Å²) >= 11 is 5.50. The van der Waals surface area contributed by atoms with Gasteiger partial charge in [0.25, 0.3) is 0 Å². The SMILES string of the molecule is NS(=O)(=O)OCc1cc(Cl)cnc1F. The van der Waals surface area contributed by atoms with E-state index in [-0.39, 0.29) is 10.6 Å². The van der Waals surface area contributed by atoms with E-state index in [0.29, 0.717) is 0 Å². The molecule has 5 nitrogen and oxygen atoms in total. The summed E-state index contributed by atoms with van der Waals surface area (Å²) in [6, 6.07) is 1.20. The zero-order valence-electron chi connectivity index (χ0n) is 6.78. The van der Waals surface area contributed by atoms with E-state index in [0.717, 1.165) is 6.20 Å². The lowest BCUT2D eigenvalue weighted by Crippen LogP contribution is -2.16. The summed E-state index contributed by atoms with van der Waals surface area (Å²) in [7, 11) is -4.09. The standard InChI is InChI=1S/C6H6ClFN2O3S/c7-5-1-4(6(8)10-2-5)3-13-14(9,11)12/h1-2H,3H2,(H2,9,11,12). The van der Waals surface area contributed by atoms with E-state index in [1.165, 1.54) is 6.07 Å². The number of hydrogen-bond acceptors (Lipinski definition) is 4. The van der Waals surface area contributed by atoms with Crippen LogP contribution < -0.4 is 5.14 Å². The molecule has 0 unspecified atom stereocenters. The van der Waals surface area contributed by atoms with Crippen molar-refractivity contribution in [3.05, 3.63) is 28.8 Å². The summed E-state index contributed by atoms with van der Waals surface area (Å²) in [4.78, 5) is 3.27. The third-order valence-corrected chi connectivity index (χ3v) is 1.91. The van der Waals surface area contributed by atoms with Gasteiger partial charge in [0.05, 0.1) is 11.6 Å². The van der Waals surface area contributed by atoms with Crippen LogP contribution in [0.4, 0.5) is 4.39 Å². The van der Waals surface area contributed by atoms with E-state index >= 15 is 0 Å². The molecule has 0 fully saturated rings. The van der Waals surface area contributed by atoms with Gasteiger partial charge >= 0.3 is 10.3 Å². The van der Waals surface area contributed by atoms with E-state index in [1.54, 1.807) is 0 Å². The molecule has 1 heterocycles. The number of pyridine rings is 1. The van der Waals surface area contributed by atoms with E-state index in [1.807, 2.05) is 0 Å². The predicted octanol–water partition coefficient (Wildman–Crippen LogP) is 0.594. The Morgan fingerprint density at radius 3 is 2.86 bits per heavy atom. The molecule has 0 radical (unpaired) electrons. The lowest BCUT2D eigenvalue weighted by Gasteiger charge is -2.02. The molecule has 0 aliphatic heterocycles. The average molecular weight is 241 g/mol. The molecule has 0 saturated carbocycles. The molecule has 0 aromatic carbocycles. The zero-order chi connectivity index (χ0) is 10.8. The van der Waals surface area contributed by atoms with Crippen LogP contribution in [0.5, 0.6) is 0 Å². The van der Waals surface area contributed by atoms with E-state index in [2.05, 4.69) is 14.3 Å². The third kappa shape index (κ3) is 3.54. The maximum atomic E-state index is 12.9. The molecule has 0 atom stereocenters. The highest BCUT2D eigenvalue weighted by Gasteiger charge is 2.08. The van der Waals surface area contributed by atoms with E-state index in [4.69, 9.17) is 11.6 Å². The first-order valence-electron chi connectivity index (χ1n) is 3.35. The van der Waals surface area contributed by atoms with Gasteiger partial charge in [-0.1, -0.05) is 11.6 Å². The van der Waals surface area contributed by atoms with Gasteiger partial charge in [0.1, 0.15) is 0 Å². The molecule has 2 N–H and O–H groups in total. The van der Waals surface area contributed by atoms with Crippen molar-refractivity contribution < 1.29 is 17.0 Å². The number of nitrogens with two attached hydrogens (primary N) is 1. The second-order valence-corrected chi connectivity index (χ2v) is 4.02. The normalized spacial score (nSPS) is 11.6. The van der Waals surface area contributed by atoms with Crippen molar-refractivity contribution in [2.24, 2.45) is 5.14 Å². The van der Waals surface area contributed by atoms with E-state index < -0.39 is 22.9 Å². The molecular formula is C6H6ClFN2O3S. The highest BCUT2D eigenvalue weighted by Crippen LogP contribution is 2.13. The smallest absolute Gasteiger partial charge is 0.253 e. The largest absolute Gasteiger partial charge is 0.333 e. The van der Waals surface area contributed by atoms with Crippen LogP contribution in [0.25, 0.3) is 0 Å². The Morgan fingerprint density at radius 1 is 1.64 bits per heavy atom. The zero-order valence-corrected chi connectivity index (χ0v) is 8.35.